The Labute approximate surface area is 123 Å². The Kier molecular flexibility index (Phi) is 3.16. The number of anilines is 1. The van der Waals surface area contributed by atoms with E-state index in [9.17, 15) is 18.0 Å². The maximum atomic E-state index is 13.3. The molecule has 2 aromatic carbocycles. The fourth-order valence-corrected chi connectivity index (χ4v) is 2.37. The van der Waals surface area contributed by atoms with E-state index in [-0.39, 0.29) is 16.5 Å². The average molecular weight is 304 g/mol. The van der Waals surface area contributed by atoms with Crippen molar-refractivity contribution in [2.45, 2.75) is 6.18 Å². The Morgan fingerprint density at radius 2 is 1.68 bits per heavy atom. The highest BCUT2D eigenvalue weighted by atomic mass is 19.4. The normalized spacial score (nSPS) is 11.8. The number of aromatic nitrogens is 1. The highest BCUT2D eigenvalue weighted by molar-refractivity contribution is 6.03. The molecule has 1 aromatic heterocycles. The largest absolute Gasteiger partial charge is 0.431 e. The second-order valence-electron chi connectivity index (χ2n) is 4.85. The number of benzene rings is 2. The first-order valence-corrected chi connectivity index (χ1v) is 6.46. The molecule has 0 fully saturated rings. The van der Waals surface area contributed by atoms with E-state index in [4.69, 9.17) is 5.73 Å². The molecule has 6 heteroatoms. The number of hydrogen-bond donors (Lipinski definition) is 1. The van der Waals surface area contributed by atoms with Gasteiger partial charge in [0.1, 0.15) is 5.69 Å². The molecule has 3 rings (SSSR count). The van der Waals surface area contributed by atoms with Crippen molar-refractivity contribution in [3.8, 4) is 0 Å². The SMILES string of the molecule is Nc1ccc2c(c1)cc(C(F)(F)F)n2C(=O)c1ccccc1. The molecule has 0 aliphatic carbocycles. The maximum absolute atomic E-state index is 13.3. The quantitative estimate of drug-likeness (QED) is 0.692. The number of nitrogens with zero attached hydrogens (tertiary/aromatic N) is 1. The fourth-order valence-electron chi connectivity index (χ4n) is 2.37. The van der Waals surface area contributed by atoms with Gasteiger partial charge in [0.15, 0.2) is 0 Å². The molecule has 0 spiro atoms. The van der Waals surface area contributed by atoms with Crippen LogP contribution in [0.5, 0.6) is 0 Å². The third-order valence-corrected chi connectivity index (χ3v) is 3.34. The molecule has 0 saturated heterocycles. The lowest BCUT2D eigenvalue weighted by Crippen LogP contribution is -2.20. The van der Waals surface area contributed by atoms with E-state index in [0.717, 1.165) is 6.07 Å². The molecular weight excluding hydrogens is 293 g/mol. The van der Waals surface area contributed by atoms with Crippen LogP contribution in [0.3, 0.4) is 0 Å². The topological polar surface area (TPSA) is 48.0 Å². The van der Waals surface area contributed by atoms with Crippen LogP contribution >= 0.6 is 0 Å². The second-order valence-corrected chi connectivity index (χ2v) is 4.85. The number of rotatable bonds is 1. The summed E-state index contributed by atoms with van der Waals surface area (Å²) in [5.74, 6) is -0.729. The molecule has 0 radical (unpaired) electrons. The minimum absolute atomic E-state index is 0.176. The van der Waals surface area contributed by atoms with Crippen molar-refractivity contribution in [2.75, 3.05) is 5.73 Å². The number of carbonyl (C=O) groups excluding carboxylic acids is 1. The van der Waals surface area contributed by atoms with E-state index >= 15 is 0 Å². The zero-order valence-corrected chi connectivity index (χ0v) is 11.3. The Morgan fingerprint density at radius 3 is 2.32 bits per heavy atom. The lowest BCUT2D eigenvalue weighted by Gasteiger charge is -2.12. The summed E-state index contributed by atoms with van der Waals surface area (Å²) in [4.78, 5) is 12.5. The van der Waals surface area contributed by atoms with Crippen molar-refractivity contribution in [3.63, 3.8) is 0 Å². The van der Waals surface area contributed by atoms with Gasteiger partial charge in [-0.1, -0.05) is 18.2 Å². The summed E-state index contributed by atoms with van der Waals surface area (Å²) in [6.07, 6.45) is -4.64. The van der Waals surface area contributed by atoms with E-state index in [2.05, 4.69) is 0 Å². The van der Waals surface area contributed by atoms with Crippen LogP contribution in [0.25, 0.3) is 10.9 Å². The second kappa shape index (κ2) is 4.91. The molecule has 0 unspecified atom stereocenters. The van der Waals surface area contributed by atoms with Gasteiger partial charge in [-0.3, -0.25) is 9.36 Å². The third-order valence-electron chi connectivity index (χ3n) is 3.34. The molecule has 0 bridgehead atoms. The molecule has 3 nitrogen and oxygen atoms in total. The molecule has 0 aliphatic rings. The summed E-state index contributed by atoms with van der Waals surface area (Å²) in [6, 6.07) is 13.1. The van der Waals surface area contributed by atoms with Crippen molar-refractivity contribution < 1.29 is 18.0 Å². The Bertz CT molecular complexity index is 851. The van der Waals surface area contributed by atoms with Gasteiger partial charge in [-0.25, -0.2) is 0 Å². The number of hydrogen-bond acceptors (Lipinski definition) is 2. The molecule has 1 heterocycles. The Morgan fingerprint density at radius 1 is 1.00 bits per heavy atom. The van der Waals surface area contributed by atoms with Crippen molar-refractivity contribution >= 4 is 22.5 Å². The van der Waals surface area contributed by atoms with Gasteiger partial charge in [-0.2, -0.15) is 13.2 Å². The van der Waals surface area contributed by atoms with Crippen LogP contribution in [0, 0.1) is 0 Å². The predicted octanol–water partition coefficient (Wildman–Crippen LogP) is 3.93. The maximum Gasteiger partial charge on any atom is 0.431 e. The zero-order valence-electron chi connectivity index (χ0n) is 11.3. The van der Waals surface area contributed by atoms with Crippen LogP contribution in [0.4, 0.5) is 18.9 Å². The molecule has 2 N–H and O–H groups in total. The van der Waals surface area contributed by atoms with E-state index in [1.807, 2.05) is 0 Å². The van der Waals surface area contributed by atoms with Gasteiger partial charge < -0.3 is 5.73 Å². The Balaban J connectivity index is 2.29. The smallest absolute Gasteiger partial charge is 0.399 e. The molecule has 0 aliphatic heterocycles. The van der Waals surface area contributed by atoms with Crippen LogP contribution in [0.1, 0.15) is 16.1 Å². The van der Waals surface area contributed by atoms with Crippen molar-refractivity contribution in [3.05, 3.63) is 65.9 Å². The van der Waals surface area contributed by atoms with Crippen molar-refractivity contribution in [1.82, 2.24) is 4.57 Å². The first-order chi connectivity index (χ1) is 10.4. The number of alkyl halides is 3. The first-order valence-electron chi connectivity index (χ1n) is 6.46. The molecule has 3 aromatic rings. The van der Waals surface area contributed by atoms with Crippen molar-refractivity contribution in [1.29, 1.82) is 0 Å². The highest BCUT2D eigenvalue weighted by Crippen LogP contribution is 2.35. The molecular formula is C16H11F3N2O. The van der Waals surface area contributed by atoms with Gasteiger partial charge in [0, 0.05) is 16.6 Å². The molecule has 0 saturated carbocycles. The van der Waals surface area contributed by atoms with Gasteiger partial charge in [0.2, 0.25) is 0 Å². The standard InChI is InChI=1S/C16H11F3N2O/c17-16(18,19)14-9-11-8-12(20)6-7-13(11)21(14)15(22)10-4-2-1-3-5-10/h1-9H,20H2. The third kappa shape index (κ3) is 2.32. The lowest BCUT2D eigenvalue weighted by atomic mass is 10.2. The lowest BCUT2D eigenvalue weighted by molar-refractivity contribution is -0.142. The molecule has 0 atom stereocenters. The highest BCUT2D eigenvalue weighted by Gasteiger charge is 2.37. The summed E-state index contributed by atoms with van der Waals surface area (Å²) in [5.41, 5.74) is 5.29. The van der Waals surface area contributed by atoms with Crippen molar-refractivity contribution in [2.24, 2.45) is 0 Å². The van der Waals surface area contributed by atoms with Gasteiger partial charge in [-0.05, 0) is 36.4 Å². The van der Waals surface area contributed by atoms with Gasteiger partial charge in [0.05, 0.1) is 5.52 Å². The van der Waals surface area contributed by atoms with E-state index < -0.39 is 17.8 Å². The average Bonchev–Trinajstić information content (AvgIpc) is 2.86. The Hall–Kier alpha value is -2.76. The molecule has 0 amide bonds. The number of halogens is 3. The van der Waals surface area contributed by atoms with Crippen LogP contribution in [0.2, 0.25) is 0 Å². The van der Waals surface area contributed by atoms with Gasteiger partial charge in [-0.15, -0.1) is 0 Å². The van der Waals surface area contributed by atoms with Crippen LogP contribution in [0.15, 0.2) is 54.6 Å². The van der Waals surface area contributed by atoms with E-state index in [1.165, 1.54) is 30.3 Å². The van der Waals surface area contributed by atoms with Crippen LogP contribution < -0.4 is 5.73 Å². The minimum Gasteiger partial charge on any atom is -0.399 e. The predicted molar refractivity (Wildman–Crippen MR) is 77.5 cm³/mol. The van der Waals surface area contributed by atoms with Crippen LogP contribution in [-0.4, -0.2) is 10.5 Å². The summed E-state index contributed by atoms with van der Waals surface area (Å²) >= 11 is 0. The zero-order chi connectivity index (χ0) is 15.9. The van der Waals surface area contributed by atoms with E-state index in [0.29, 0.717) is 10.3 Å². The molecule has 22 heavy (non-hydrogen) atoms. The van der Waals surface area contributed by atoms with Gasteiger partial charge in [0.25, 0.3) is 5.91 Å². The van der Waals surface area contributed by atoms with Gasteiger partial charge >= 0.3 is 6.18 Å². The molecule has 112 valence electrons. The first kappa shape index (κ1) is 14.2. The summed E-state index contributed by atoms with van der Waals surface area (Å²) in [5, 5.41) is 0.275. The number of nitrogen functional groups attached to an aromatic ring is 1. The summed E-state index contributed by atoms with van der Waals surface area (Å²) in [7, 11) is 0. The summed E-state index contributed by atoms with van der Waals surface area (Å²) < 4.78 is 40.5. The number of fused-ring (bicyclic) bond motifs is 1. The number of nitrogens with two attached hydrogens (primary N) is 1. The van der Waals surface area contributed by atoms with Crippen LogP contribution in [-0.2, 0) is 6.18 Å². The monoisotopic (exact) mass is 304 g/mol. The minimum atomic E-state index is -4.64. The summed E-state index contributed by atoms with van der Waals surface area (Å²) in [6.45, 7) is 0. The fraction of sp³-hybridized carbons (Fsp3) is 0.0625. The number of carbonyl (C=O) groups is 1. The van der Waals surface area contributed by atoms with E-state index in [1.54, 1.807) is 18.2 Å².